The van der Waals surface area contributed by atoms with Gasteiger partial charge in [-0.15, -0.1) is 0 Å². The first-order valence-electron chi connectivity index (χ1n) is 7.57. The van der Waals surface area contributed by atoms with E-state index >= 15 is 0 Å². The molecule has 1 saturated heterocycles. The number of benzene rings is 1. The van der Waals surface area contributed by atoms with Gasteiger partial charge >= 0.3 is 0 Å². The molecule has 3 nitrogen and oxygen atoms in total. The Morgan fingerprint density at radius 2 is 1.95 bits per heavy atom. The van der Waals surface area contributed by atoms with Gasteiger partial charge in [0.1, 0.15) is 0 Å². The van der Waals surface area contributed by atoms with Crippen LogP contribution in [-0.4, -0.2) is 54.2 Å². The standard InChI is InChI=1S/C16H24Cl2N2O/c1-19(7-2-10-21)14-5-8-20(9-6-14)12-13-3-4-15(17)16(18)11-13/h3-4,11,14,21H,2,5-10,12H2,1H3. The fourth-order valence-electron chi connectivity index (χ4n) is 2.92. The molecule has 1 heterocycles. The summed E-state index contributed by atoms with van der Waals surface area (Å²) in [5.41, 5.74) is 1.22. The molecule has 1 aliphatic heterocycles. The summed E-state index contributed by atoms with van der Waals surface area (Å²) < 4.78 is 0. The predicted molar refractivity (Wildman–Crippen MR) is 89.1 cm³/mol. The maximum atomic E-state index is 8.91. The molecule has 21 heavy (non-hydrogen) atoms. The number of aliphatic hydroxyl groups is 1. The van der Waals surface area contributed by atoms with E-state index in [1.165, 1.54) is 18.4 Å². The Morgan fingerprint density at radius 1 is 1.24 bits per heavy atom. The molecule has 0 aliphatic carbocycles. The molecule has 1 aliphatic rings. The highest BCUT2D eigenvalue weighted by atomic mass is 35.5. The van der Waals surface area contributed by atoms with Gasteiger partial charge in [-0.05, 0) is 57.1 Å². The smallest absolute Gasteiger partial charge is 0.0595 e. The van der Waals surface area contributed by atoms with Crippen molar-refractivity contribution in [1.82, 2.24) is 9.80 Å². The van der Waals surface area contributed by atoms with Crippen LogP contribution in [-0.2, 0) is 6.54 Å². The Kier molecular flexibility index (Phi) is 6.77. The van der Waals surface area contributed by atoms with Gasteiger partial charge in [0.2, 0.25) is 0 Å². The highest BCUT2D eigenvalue weighted by Gasteiger charge is 2.22. The van der Waals surface area contributed by atoms with Crippen LogP contribution in [0.3, 0.4) is 0 Å². The molecular weight excluding hydrogens is 307 g/mol. The Morgan fingerprint density at radius 3 is 2.57 bits per heavy atom. The van der Waals surface area contributed by atoms with Crippen molar-refractivity contribution in [3.05, 3.63) is 33.8 Å². The lowest BCUT2D eigenvalue weighted by Gasteiger charge is -2.36. The van der Waals surface area contributed by atoms with Gasteiger partial charge in [-0.2, -0.15) is 0 Å². The lowest BCUT2D eigenvalue weighted by atomic mass is 10.0. The largest absolute Gasteiger partial charge is 0.396 e. The van der Waals surface area contributed by atoms with Gasteiger partial charge in [0.25, 0.3) is 0 Å². The van der Waals surface area contributed by atoms with Crippen molar-refractivity contribution in [3.63, 3.8) is 0 Å². The molecule has 5 heteroatoms. The van der Waals surface area contributed by atoms with E-state index in [9.17, 15) is 0 Å². The summed E-state index contributed by atoms with van der Waals surface area (Å²) >= 11 is 12.0. The molecule has 118 valence electrons. The summed E-state index contributed by atoms with van der Waals surface area (Å²) in [6.45, 7) is 4.40. The van der Waals surface area contributed by atoms with Gasteiger partial charge in [-0.1, -0.05) is 29.3 Å². The van der Waals surface area contributed by atoms with Crippen LogP contribution >= 0.6 is 23.2 Å². The molecule has 0 spiro atoms. The van der Waals surface area contributed by atoms with Gasteiger partial charge in [0.05, 0.1) is 10.0 Å². The zero-order chi connectivity index (χ0) is 15.2. The lowest BCUT2D eigenvalue weighted by Crippen LogP contribution is -2.43. The van der Waals surface area contributed by atoms with Gasteiger partial charge in [0.15, 0.2) is 0 Å². The van der Waals surface area contributed by atoms with E-state index in [0.29, 0.717) is 16.1 Å². The molecule has 0 bridgehead atoms. The monoisotopic (exact) mass is 330 g/mol. The zero-order valence-corrected chi connectivity index (χ0v) is 14.1. The minimum atomic E-state index is 0.278. The van der Waals surface area contributed by atoms with Crippen LogP contribution in [0.2, 0.25) is 10.0 Å². The fourth-order valence-corrected chi connectivity index (χ4v) is 3.24. The number of piperidine rings is 1. The zero-order valence-electron chi connectivity index (χ0n) is 12.6. The number of aliphatic hydroxyl groups excluding tert-OH is 1. The number of likely N-dealkylation sites (tertiary alicyclic amines) is 1. The van der Waals surface area contributed by atoms with Crippen molar-refractivity contribution < 1.29 is 5.11 Å². The molecule has 0 unspecified atom stereocenters. The summed E-state index contributed by atoms with van der Waals surface area (Å²) in [7, 11) is 2.16. The van der Waals surface area contributed by atoms with Gasteiger partial charge in [-0.25, -0.2) is 0 Å². The first-order valence-corrected chi connectivity index (χ1v) is 8.33. The third-order valence-electron chi connectivity index (χ3n) is 4.24. The molecule has 1 aromatic rings. The second-order valence-corrected chi connectivity index (χ2v) is 6.63. The third kappa shape index (κ3) is 5.11. The van der Waals surface area contributed by atoms with Crippen molar-refractivity contribution in [2.75, 3.05) is 33.3 Å². The van der Waals surface area contributed by atoms with Gasteiger partial charge < -0.3 is 10.0 Å². The number of hydrogen-bond acceptors (Lipinski definition) is 3. The highest BCUT2D eigenvalue weighted by molar-refractivity contribution is 6.42. The van der Waals surface area contributed by atoms with Crippen LogP contribution in [0, 0.1) is 0 Å². The van der Waals surface area contributed by atoms with Crippen molar-refractivity contribution in [3.8, 4) is 0 Å². The van der Waals surface area contributed by atoms with E-state index in [4.69, 9.17) is 28.3 Å². The Balaban J connectivity index is 1.79. The second kappa shape index (κ2) is 8.35. The van der Waals surface area contributed by atoms with Crippen molar-refractivity contribution in [2.24, 2.45) is 0 Å². The maximum Gasteiger partial charge on any atom is 0.0595 e. The number of nitrogens with zero attached hydrogens (tertiary/aromatic N) is 2. The maximum absolute atomic E-state index is 8.91. The van der Waals surface area contributed by atoms with E-state index in [2.05, 4.69) is 16.8 Å². The van der Waals surface area contributed by atoms with Crippen LogP contribution in [0.15, 0.2) is 18.2 Å². The predicted octanol–water partition coefficient (Wildman–Crippen LogP) is 3.27. The average Bonchev–Trinajstić information content (AvgIpc) is 2.49. The summed E-state index contributed by atoms with van der Waals surface area (Å²) in [4.78, 5) is 4.85. The topological polar surface area (TPSA) is 26.7 Å². The van der Waals surface area contributed by atoms with Gasteiger partial charge in [0, 0.05) is 25.7 Å². The van der Waals surface area contributed by atoms with Crippen molar-refractivity contribution in [1.29, 1.82) is 0 Å². The van der Waals surface area contributed by atoms with E-state index in [1.54, 1.807) is 0 Å². The minimum absolute atomic E-state index is 0.278. The van der Waals surface area contributed by atoms with Crippen molar-refractivity contribution in [2.45, 2.75) is 31.8 Å². The number of rotatable bonds is 6. The second-order valence-electron chi connectivity index (χ2n) is 5.81. The Hall–Kier alpha value is -0.320. The Labute approximate surface area is 137 Å². The summed E-state index contributed by atoms with van der Waals surface area (Å²) in [6.07, 6.45) is 3.23. The molecule has 0 radical (unpaired) electrons. The van der Waals surface area contributed by atoms with Crippen LogP contribution in [0.4, 0.5) is 0 Å². The molecule has 0 aromatic heterocycles. The summed E-state index contributed by atoms with van der Waals surface area (Å²) in [5.74, 6) is 0. The normalized spacial score (nSPS) is 17.6. The minimum Gasteiger partial charge on any atom is -0.396 e. The van der Waals surface area contributed by atoms with E-state index in [0.717, 1.165) is 32.6 Å². The van der Waals surface area contributed by atoms with Crippen LogP contribution < -0.4 is 0 Å². The van der Waals surface area contributed by atoms with E-state index in [1.807, 2.05) is 18.2 Å². The van der Waals surface area contributed by atoms with Gasteiger partial charge in [-0.3, -0.25) is 4.90 Å². The lowest BCUT2D eigenvalue weighted by molar-refractivity contribution is 0.117. The van der Waals surface area contributed by atoms with Crippen LogP contribution in [0.1, 0.15) is 24.8 Å². The first kappa shape index (κ1) is 17.0. The molecule has 1 N–H and O–H groups in total. The molecule has 1 fully saturated rings. The van der Waals surface area contributed by atoms with Crippen LogP contribution in [0.5, 0.6) is 0 Å². The molecular formula is C16H24Cl2N2O. The molecule has 1 aromatic carbocycles. The fraction of sp³-hybridized carbons (Fsp3) is 0.625. The first-order chi connectivity index (χ1) is 10.1. The summed E-state index contributed by atoms with van der Waals surface area (Å²) in [6, 6.07) is 6.52. The molecule has 2 rings (SSSR count). The number of hydrogen-bond donors (Lipinski definition) is 1. The van der Waals surface area contributed by atoms with E-state index in [-0.39, 0.29) is 6.61 Å². The third-order valence-corrected chi connectivity index (χ3v) is 4.98. The highest BCUT2D eigenvalue weighted by Crippen LogP contribution is 2.24. The summed E-state index contributed by atoms with van der Waals surface area (Å²) in [5, 5.41) is 10.2. The SMILES string of the molecule is CN(CCCO)C1CCN(Cc2ccc(Cl)c(Cl)c2)CC1. The number of halogens is 2. The molecule has 0 amide bonds. The van der Waals surface area contributed by atoms with Crippen molar-refractivity contribution >= 4 is 23.2 Å². The average molecular weight is 331 g/mol. The quantitative estimate of drug-likeness (QED) is 0.867. The Bertz CT molecular complexity index is 448. The van der Waals surface area contributed by atoms with Crippen LogP contribution in [0.25, 0.3) is 0 Å². The molecule has 0 atom stereocenters. The van der Waals surface area contributed by atoms with E-state index < -0.39 is 0 Å². The molecule has 0 saturated carbocycles.